The smallest absolute Gasteiger partial charge is 0.155 e. The van der Waals surface area contributed by atoms with Crippen LogP contribution in [0.5, 0.6) is 0 Å². The normalized spacial score (nSPS) is 10.8. The number of aromatic nitrogens is 3. The van der Waals surface area contributed by atoms with Gasteiger partial charge >= 0.3 is 0 Å². The molecule has 0 saturated carbocycles. The molecule has 0 unspecified atom stereocenters. The Kier molecular flexibility index (Phi) is 2.80. The first kappa shape index (κ1) is 10.4. The quantitative estimate of drug-likeness (QED) is 0.660. The van der Waals surface area contributed by atoms with E-state index in [-0.39, 0.29) is 0 Å². The lowest BCUT2D eigenvalue weighted by Gasteiger charge is -2.02. The molecule has 1 aromatic carbocycles. The molecule has 3 aromatic rings. The van der Waals surface area contributed by atoms with Gasteiger partial charge in [-0.2, -0.15) is 5.10 Å². The van der Waals surface area contributed by atoms with Gasteiger partial charge in [0.15, 0.2) is 5.65 Å². The fourth-order valence-electron chi connectivity index (χ4n) is 1.62. The Morgan fingerprint density at radius 3 is 2.82 bits per heavy atom. The van der Waals surface area contributed by atoms with Crippen molar-refractivity contribution in [3.05, 3.63) is 60.6 Å². The highest BCUT2D eigenvalue weighted by atomic mass is 32.2. The zero-order valence-electron chi connectivity index (χ0n) is 9.15. The predicted octanol–water partition coefficient (Wildman–Crippen LogP) is 3.02. The Bertz CT molecular complexity index is 619. The molecule has 0 spiro atoms. The van der Waals surface area contributed by atoms with Gasteiger partial charge in [0.05, 0.1) is 0 Å². The molecular formula is C13H11N3S. The van der Waals surface area contributed by atoms with E-state index in [0.29, 0.717) is 0 Å². The Hall–Kier alpha value is -1.81. The van der Waals surface area contributed by atoms with Crippen molar-refractivity contribution in [1.82, 2.24) is 14.6 Å². The van der Waals surface area contributed by atoms with Crippen LogP contribution in [0.3, 0.4) is 0 Å². The van der Waals surface area contributed by atoms with Gasteiger partial charge in [0, 0.05) is 16.8 Å². The average Bonchev–Trinajstić information content (AvgIpc) is 2.85. The number of benzene rings is 1. The van der Waals surface area contributed by atoms with Gasteiger partial charge < -0.3 is 0 Å². The average molecular weight is 241 g/mol. The van der Waals surface area contributed by atoms with Crippen molar-refractivity contribution in [2.75, 3.05) is 0 Å². The van der Waals surface area contributed by atoms with E-state index in [2.05, 4.69) is 40.4 Å². The summed E-state index contributed by atoms with van der Waals surface area (Å²) in [7, 11) is 0. The first-order valence-electron chi connectivity index (χ1n) is 5.38. The third-order valence-electron chi connectivity index (χ3n) is 2.50. The molecule has 0 saturated heterocycles. The summed E-state index contributed by atoms with van der Waals surface area (Å²) < 4.78 is 1.80. The van der Waals surface area contributed by atoms with Crippen LogP contribution in [0.25, 0.3) is 5.65 Å². The standard InChI is InChI=1S/C13H11N3S/c1-2-4-11(5-3-1)9-17-12-6-7-13-14-10-15-16(13)8-12/h1-8,10H,9H2. The lowest BCUT2D eigenvalue weighted by Crippen LogP contribution is -1.87. The number of pyridine rings is 1. The lowest BCUT2D eigenvalue weighted by atomic mass is 10.2. The topological polar surface area (TPSA) is 30.2 Å². The molecule has 0 atom stereocenters. The number of fused-ring (bicyclic) bond motifs is 1. The van der Waals surface area contributed by atoms with E-state index in [1.807, 2.05) is 18.3 Å². The summed E-state index contributed by atoms with van der Waals surface area (Å²) in [6.07, 6.45) is 3.58. The van der Waals surface area contributed by atoms with Crippen molar-refractivity contribution in [1.29, 1.82) is 0 Å². The molecule has 2 aromatic heterocycles. The van der Waals surface area contributed by atoms with Gasteiger partial charge in [-0.25, -0.2) is 9.50 Å². The zero-order valence-corrected chi connectivity index (χ0v) is 9.97. The highest BCUT2D eigenvalue weighted by Crippen LogP contribution is 2.22. The highest BCUT2D eigenvalue weighted by molar-refractivity contribution is 7.98. The first-order chi connectivity index (χ1) is 8.42. The number of hydrogen-bond acceptors (Lipinski definition) is 3. The van der Waals surface area contributed by atoms with Gasteiger partial charge in [-0.3, -0.25) is 0 Å². The third kappa shape index (κ3) is 2.31. The Morgan fingerprint density at radius 1 is 1.06 bits per heavy atom. The Labute approximate surface area is 104 Å². The van der Waals surface area contributed by atoms with Crippen LogP contribution >= 0.6 is 11.8 Å². The van der Waals surface area contributed by atoms with Crippen molar-refractivity contribution >= 4 is 17.4 Å². The van der Waals surface area contributed by atoms with E-state index in [1.165, 1.54) is 10.5 Å². The molecule has 0 fully saturated rings. The summed E-state index contributed by atoms with van der Waals surface area (Å²) in [6, 6.07) is 14.5. The maximum Gasteiger partial charge on any atom is 0.155 e. The van der Waals surface area contributed by atoms with Gasteiger partial charge in [-0.15, -0.1) is 11.8 Å². The fourth-order valence-corrected chi connectivity index (χ4v) is 2.49. The second-order valence-corrected chi connectivity index (χ2v) is 4.75. The molecular weight excluding hydrogens is 230 g/mol. The second-order valence-electron chi connectivity index (χ2n) is 3.70. The first-order valence-corrected chi connectivity index (χ1v) is 6.36. The molecule has 2 heterocycles. The molecule has 84 valence electrons. The number of rotatable bonds is 3. The molecule has 4 heteroatoms. The van der Waals surface area contributed by atoms with E-state index >= 15 is 0 Å². The molecule has 3 rings (SSSR count). The van der Waals surface area contributed by atoms with Crippen molar-refractivity contribution in [3.63, 3.8) is 0 Å². The summed E-state index contributed by atoms with van der Waals surface area (Å²) in [6.45, 7) is 0. The molecule has 0 N–H and O–H groups in total. The van der Waals surface area contributed by atoms with E-state index in [0.717, 1.165) is 11.4 Å². The number of thioether (sulfide) groups is 1. The van der Waals surface area contributed by atoms with Crippen molar-refractivity contribution in [2.24, 2.45) is 0 Å². The highest BCUT2D eigenvalue weighted by Gasteiger charge is 1.99. The van der Waals surface area contributed by atoms with Gasteiger partial charge in [0.1, 0.15) is 6.33 Å². The fraction of sp³-hybridized carbons (Fsp3) is 0.0769. The SMILES string of the molecule is c1ccc(CSc2ccc3ncnn3c2)cc1. The van der Waals surface area contributed by atoms with Gasteiger partial charge in [-0.05, 0) is 17.7 Å². The van der Waals surface area contributed by atoms with Crippen LogP contribution in [0.1, 0.15) is 5.56 Å². The second kappa shape index (κ2) is 4.59. The van der Waals surface area contributed by atoms with Crippen molar-refractivity contribution in [2.45, 2.75) is 10.6 Å². The monoisotopic (exact) mass is 241 g/mol. The minimum absolute atomic E-state index is 0.883. The number of hydrogen-bond donors (Lipinski definition) is 0. The van der Waals surface area contributed by atoms with Crippen LogP contribution in [0, 0.1) is 0 Å². The van der Waals surface area contributed by atoms with E-state index in [1.54, 1.807) is 22.6 Å². The van der Waals surface area contributed by atoms with Crippen molar-refractivity contribution < 1.29 is 0 Å². The van der Waals surface area contributed by atoms with E-state index < -0.39 is 0 Å². The molecule has 3 nitrogen and oxygen atoms in total. The summed E-state index contributed by atoms with van der Waals surface area (Å²) in [5.41, 5.74) is 2.21. The van der Waals surface area contributed by atoms with Crippen LogP contribution in [-0.2, 0) is 5.75 Å². The van der Waals surface area contributed by atoms with Crippen molar-refractivity contribution in [3.8, 4) is 0 Å². The molecule has 0 aliphatic heterocycles. The summed E-state index contributed by atoms with van der Waals surface area (Å²) >= 11 is 1.80. The van der Waals surface area contributed by atoms with Gasteiger partial charge in [0.2, 0.25) is 0 Å². The molecule has 0 amide bonds. The summed E-state index contributed by atoms with van der Waals surface area (Å²) in [5, 5.41) is 4.13. The Balaban J connectivity index is 1.76. The molecule has 17 heavy (non-hydrogen) atoms. The maximum absolute atomic E-state index is 4.13. The lowest BCUT2D eigenvalue weighted by molar-refractivity contribution is 0.940. The minimum Gasteiger partial charge on any atom is -0.220 e. The minimum atomic E-state index is 0.883. The van der Waals surface area contributed by atoms with Crippen LogP contribution < -0.4 is 0 Å². The third-order valence-corrected chi connectivity index (χ3v) is 3.55. The maximum atomic E-state index is 4.13. The van der Waals surface area contributed by atoms with Gasteiger partial charge in [-0.1, -0.05) is 30.3 Å². The number of nitrogens with zero attached hydrogens (tertiary/aromatic N) is 3. The molecule has 0 radical (unpaired) electrons. The van der Waals surface area contributed by atoms with E-state index in [4.69, 9.17) is 0 Å². The molecule has 0 aliphatic carbocycles. The van der Waals surface area contributed by atoms with E-state index in [9.17, 15) is 0 Å². The van der Waals surface area contributed by atoms with Gasteiger partial charge in [0.25, 0.3) is 0 Å². The molecule has 0 bridgehead atoms. The molecule has 0 aliphatic rings. The predicted molar refractivity (Wildman–Crippen MR) is 69.0 cm³/mol. The summed E-state index contributed by atoms with van der Waals surface area (Å²) in [4.78, 5) is 5.32. The van der Waals surface area contributed by atoms with Crippen LogP contribution in [0.2, 0.25) is 0 Å². The van der Waals surface area contributed by atoms with Crippen LogP contribution in [-0.4, -0.2) is 14.6 Å². The summed E-state index contributed by atoms with van der Waals surface area (Å²) in [5.74, 6) is 0.973. The van der Waals surface area contributed by atoms with Crippen LogP contribution in [0.15, 0.2) is 59.9 Å². The largest absolute Gasteiger partial charge is 0.220 e. The zero-order chi connectivity index (χ0) is 11.5. The van der Waals surface area contributed by atoms with Crippen LogP contribution in [0.4, 0.5) is 0 Å². The Morgan fingerprint density at radius 2 is 1.94 bits per heavy atom.